The molecule has 5 nitrogen and oxygen atoms in total. The Bertz CT molecular complexity index is 780. The Hall–Kier alpha value is -1.54. The van der Waals surface area contributed by atoms with Crippen molar-refractivity contribution in [2.45, 2.75) is 70.1 Å². The average Bonchev–Trinajstić information content (AvgIpc) is 3.12. The molecule has 1 fully saturated rings. The van der Waals surface area contributed by atoms with E-state index in [-0.39, 0.29) is 23.8 Å². The number of nitrogens with one attached hydrogen (secondary N) is 1. The van der Waals surface area contributed by atoms with Crippen LogP contribution in [-0.4, -0.2) is 59.7 Å². The molecule has 168 valence electrons. The van der Waals surface area contributed by atoms with Crippen molar-refractivity contribution in [1.29, 1.82) is 0 Å². The van der Waals surface area contributed by atoms with E-state index >= 15 is 0 Å². The van der Waals surface area contributed by atoms with Gasteiger partial charge >= 0.3 is 6.18 Å². The zero-order valence-corrected chi connectivity index (χ0v) is 18.1. The summed E-state index contributed by atoms with van der Waals surface area (Å²) < 4.78 is 48.5. The highest BCUT2D eigenvalue weighted by molar-refractivity contribution is 5.43. The summed E-state index contributed by atoms with van der Waals surface area (Å²) in [4.78, 5) is 2.38. The van der Waals surface area contributed by atoms with Gasteiger partial charge in [-0.25, -0.2) is 4.68 Å². The third kappa shape index (κ3) is 4.69. The number of anilines is 1. The molecule has 0 spiro atoms. The van der Waals surface area contributed by atoms with Gasteiger partial charge in [0, 0.05) is 30.6 Å². The Morgan fingerprint density at radius 3 is 2.73 bits per heavy atom. The monoisotopic (exact) mass is 426 g/mol. The fourth-order valence-electron chi connectivity index (χ4n) is 4.85. The van der Waals surface area contributed by atoms with Crippen LogP contribution in [0.5, 0.6) is 0 Å². The van der Waals surface area contributed by atoms with Gasteiger partial charge in [-0.3, -0.25) is 4.90 Å². The minimum atomic E-state index is -4.31. The summed E-state index contributed by atoms with van der Waals surface area (Å²) >= 11 is 0. The fourth-order valence-corrected chi connectivity index (χ4v) is 4.85. The molecule has 0 radical (unpaired) electrons. The van der Waals surface area contributed by atoms with Crippen molar-refractivity contribution in [3.05, 3.63) is 23.4 Å². The topological polar surface area (TPSA) is 42.3 Å². The quantitative estimate of drug-likeness (QED) is 0.722. The Balaban J connectivity index is 1.51. The maximum absolute atomic E-state index is 13.9. The first-order chi connectivity index (χ1) is 14.1. The molecular formula is C22H33F3N4O. The number of likely N-dealkylation sites (tertiary alicyclic amines) is 1. The van der Waals surface area contributed by atoms with Gasteiger partial charge in [-0.2, -0.15) is 18.3 Å². The number of aromatic nitrogens is 2. The molecule has 1 unspecified atom stereocenters. The van der Waals surface area contributed by atoms with Gasteiger partial charge < -0.3 is 10.1 Å². The average molecular weight is 427 g/mol. The van der Waals surface area contributed by atoms with Crippen LogP contribution in [0.2, 0.25) is 0 Å². The predicted octanol–water partition coefficient (Wildman–Crippen LogP) is 4.53. The third-order valence-corrected chi connectivity index (χ3v) is 6.51. The molecule has 1 aromatic heterocycles. The molecule has 1 aromatic rings. The Morgan fingerprint density at radius 2 is 2.07 bits per heavy atom. The van der Waals surface area contributed by atoms with Crippen LogP contribution in [-0.2, 0) is 10.2 Å². The Labute approximate surface area is 176 Å². The van der Waals surface area contributed by atoms with Gasteiger partial charge in [-0.15, -0.1) is 0 Å². The van der Waals surface area contributed by atoms with E-state index in [1.54, 1.807) is 6.07 Å². The van der Waals surface area contributed by atoms with Crippen LogP contribution < -0.4 is 5.32 Å². The second-order valence-corrected chi connectivity index (χ2v) is 9.99. The summed E-state index contributed by atoms with van der Waals surface area (Å²) in [6.07, 6.45) is 0.887. The van der Waals surface area contributed by atoms with Crippen molar-refractivity contribution in [2.24, 2.45) is 5.92 Å². The number of fused-ring (bicyclic) bond motifs is 1. The molecule has 3 atom stereocenters. The zero-order valence-electron chi connectivity index (χ0n) is 18.1. The molecule has 0 aliphatic carbocycles. The van der Waals surface area contributed by atoms with Crippen molar-refractivity contribution < 1.29 is 17.9 Å². The van der Waals surface area contributed by atoms with E-state index in [4.69, 9.17) is 4.74 Å². The van der Waals surface area contributed by atoms with E-state index in [9.17, 15) is 13.2 Å². The van der Waals surface area contributed by atoms with Gasteiger partial charge in [0.05, 0.1) is 18.9 Å². The second-order valence-electron chi connectivity index (χ2n) is 9.99. The Morgan fingerprint density at radius 1 is 1.27 bits per heavy atom. The smallest absolute Gasteiger partial charge is 0.377 e. The van der Waals surface area contributed by atoms with E-state index in [0.29, 0.717) is 18.1 Å². The first kappa shape index (κ1) is 21.7. The normalized spacial score (nSPS) is 28.6. The molecule has 3 aliphatic heterocycles. The van der Waals surface area contributed by atoms with Crippen molar-refractivity contribution in [1.82, 2.24) is 14.7 Å². The number of ether oxygens (including phenoxy) is 1. The number of piperidine rings is 1. The van der Waals surface area contributed by atoms with Crippen LogP contribution in [0.3, 0.4) is 0 Å². The van der Waals surface area contributed by atoms with Crippen LogP contribution in [0.15, 0.2) is 17.7 Å². The van der Waals surface area contributed by atoms with E-state index in [1.165, 1.54) is 10.3 Å². The fraction of sp³-hybridized carbons (Fsp3) is 0.773. The highest BCUT2D eigenvalue weighted by Crippen LogP contribution is 2.43. The maximum atomic E-state index is 13.9. The molecule has 4 rings (SSSR count). The van der Waals surface area contributed by atoms with Crippen LogP contribution in [0, 0.1) is 5.92 Å². The highest BCUT2D eigenvalue weighted by atomic mass is 19.4. The summed E-state index contributed by atoms with van der Waals surface area (Å²) in [5.41, 5.74) is 1.68. The summed E-state index contributed by atoms with van der Waals surface area (Å²) in [5.74, 6) is 0.689. The summed E-state index contributed by atoms with van der Waals surface area (Å²) in [7, 11) is 0. The molecule has 0 bridgehead atoms. The second kappa shape index (κ2) is 8.19. The molecule has 1 N–H and O–H groups in total. The number of rotatable bonds is 3. The van der Waals surface area contributed by atoms with Crippen molar-refractivity contribution in [2.75, 3.05) is 38.2 Å². The minimum absolute atomic E-state index is 0.0338. The highest BCUT2D eigenvalue weighted by Gasteiger charge is 2.48. The van der Waals surface area contributed by atoms with Gasteiger partial charge in [0.2, 0.25) is 0 Å². The predicted molar refractivity (Wildman–Crippen MR) is 111 cm³/mol. The number of alkyl halides is 3. The molecule has 0 saturated carbocycles. The van der Waals surface area contributed by atoms with Gasteiger partial charge in [-0.1, -0.05) is 26.8 Å². The largest absolute Gasteiger partial charge is 0.410 e. The third-order valence-electron chi connectivity index (χ3n) is 6.51. The molecule has 30 heavy (non-hydrogen) atoms. The molecular weight excluding hydrogens is 393 g/mol. The number of hydrogen-bond donors (Lipinski definition) is 1. The summed E-state index contributed by atoms with van der Waals surface area (Å²) in [5, 5.41) is 7.76. The maximum Gasteiger partial charge on any atom is 0.410 e. The van der Waals surface area contributed by atoms with Gasteiger partial charge in [0.25, 0.3) is 0 Å². The first-order valence-corrected chi connectivity index (χ1v) is 11.0. The number of halogens is 3. The van der Waals surface area contributed by atoms with Crippen molar-refractivity contribution >= 4 is 5.82 Å². The first-order valence-electron chi connectivity index (χ1n) is 11.0. The van der Waals surface area contributed by atoms with E-state index < -0.39 is 12.2 Å². The van der Waals surface area contributed by atoms with Crippen molar-refractivity contribution in [3.8, 4) is 0 Å². The number of nitrogens with zero attached hydrogens (tertiary/aromatic N) is 3. The van der Waals surface area contributed by atoms with Crippen molar-refractivity contribution in [3.63, 3.8) is 0 Å². The van der Waals surface area contributed by atoms with E-state index in [0.717, 1.165) is 45.5 Å². The lowest BCUT2D eigenvalue weighted by Gasteiger charge is -2.41. The molecule has 0 aromatic carbocycles. The zero-order chi connectivity index (χ0) is 21.5. The molecule has 8 heteroatoms. The minimum Gasteiger partial charge on any atom is -0.377 e. The van der Waals surface area contributed by atoms with Crippen LogP contribution in [0.25, 0.3) is 0 Å². The molecule has 1 saturated heterocycles. The van der Waals surface area contributed by atoms with Gasteiger partial charge in [0.15, 0.2) is 6.04 Å². The van der Waals surface area contributed by atoms with Gasteiger partial charge in [-0.05, 0) is 43.7 Å². The van der Waals surface area contributed by atoms with E-state index in [2.05, 4.69) is 21.4 Å². The standard InChI is InChI=1S/C22H33F3N4O/c1-21(2,3)18-11-20-26-17(10-19(22(23,24)25)29(20)27-18)16-7-4-8-28(13-16)12-15-6-5-9-30-14-15/h6,11,16-17,19,26H,4-5,7-10,12-14H2,1-3H3/t16?,17-,19+/m1/s1. The van der Waals surface area contributed by atoms with E-state index in [1.807, 2.05) is 20.8 Å². The molecule has 4 heterocycles. The van der Waals surface area contributed by atoms with Crippen LogP contribution in [0.1, 0.15) is 58.2 Å². The Kier molecular flexibility index (Phi) is 5.92. The SMILES string of the molecule is CC(C)(C)c1cc2n(n1)[C@H](C(F)(F)F)C[C@H](C1CCCN(CC3=CCCOC3)C1)N2. The summed E-state index contributed by atoms with van der Waals surface area (Å²) in [6.45, 7) is 10.1. The lowest BCUT2D eigenvalue weighted by atomic mass is 9.85. The van der Waals surface area contributed by atoms with Crippen LogP contribution >= 0.6 is 0 Å². The lowest BCUT2D eigenvalue weighted by Crippen LogP contribution is -2.48. The lowest BCUT2D eigenvalue weighted by molar-refractivity contribution is -0.174. The summed E-state index contributed by atoms with van der Waals surface area (Å²) in [6, 6.07) is 0.0306. The van der Waals surface area contributed by atoms with Gasteiger partial charge in [0.1, 0.15) is 5.82 Å². The molecule has 3 aliphatic rings. The molecule has 0 amide bonds. The number of hydrogen-bond acceptors (Lipinski definition) is 4. The van der Waals surface area contributed by atoms with Crippen LogP contribution in [0.4, 0.5) is 19.0 Å².